The maximum Gasteiger partial charge on any atom is 0.236 e. The van der Waals surface area contributed by atoms with Crippen LogP contribution in [0, 0.1) is 0 Å². The Kier molecular flexibility index (Phi) is 6.95. The van der Waals surface area contributed by atoms with E-state index >= 15 is 0 Å². The lowest BCUT2D eigenvalue weighted by Gasteiger charge is -2.46. The van der Waals surface area contributed by atoms with E-state index in [-0.39, 0.29) is 5.91 Å². The van der Waals surface area contributed by atoms with Gasteiger partial charge in [-0.1, -0.05) is 0 Å². The average molecular weight is 455 g/mol. The van der Waals surface area contributed by atoms with Crippen LogP contribution in [0.4, 0.5) is 11.4 Å². The van der Waals surface area contributed by atoms with Gasteiger partial charge in [0.15, 0.2) is 0 Å². The molecule has 0 unspecified atom stereocenters. The minimum Gasteiger partial charge on any atom is -0.497 e. The molecule has 8 heteroatoms. The molecular weight excluding hydrogens is 420 g/mol. The van der Waals surface area contributed by atoms with E-state index in [1.807, 2.05) is 48.5 Å². The first kappa shape index (κ1) is 23.2. The van der Waals surface area contributed by atoms with E-state index in [0.717, 1.165) is 42.5 Å². The maximum atomic E-state index is 12.3. The molecule has 33 heavy (non-hydrogen) atoms. The Morgan fingerprint density at radius 1 is 0.909 bits per heavy atom. The summed E-state index contributed by atoms with van der Waals surface area (Å²) in [7, 11) is 3.30. The van der Waals surface area contributed by atoms with Gasteiger partial charge in [0.2, 0.25) is 5.91 Å². The number of β-amino-alcohol motifs (C(OH)–C–C–N with tert-alkyl or cyclic N) is 1. The number of hydrogen-bond acceptors (Lipinski definition) is 7. The largest absolute Gasteiger partial charge is 0.497 e. The van der Waals surface area contributed by atoms with Gasteiger partial charge in [-0.25, -0.2) is 0 Å². The lowest BCUT2D eigenvalue weighted by molar-refractivity contribution is -0.125. The zero-order valence-corrected chi connectivity index (χ0v) is 19.4. The van der Waals surface area contributed by atoms with Crippen LogP contribution < -0.4 is 25.0 Å². The maximum absolute atomic E-state index is 12.3. The smallest absolute Gasteiger partial charge is 0.236 e. The third kappa shape index (κ3) is 5.34. The average Bonchev–Trinajstić information content (AvgIpc) is 2.84. The van der Waals surface area contributed by atoms with Crippen LogP contribution in [0.3, 0.4) is 0 Å². The molecule has 2 heterocycles. The Morgan fingerprint density at radius 2 is 1.42 bits per heavy atom. The fourth-order valence-electron chi connectivity index (χ4n) is 4.82. The summed E-state index contributed by atoms with van der Waals surface area (Å²) in [5, 5.41) is 11.3. The standard InChI is InChI=1S/C25H34N4O4/c1-32-21-7-3-19(4-8-21)27-13-11-25(31,12-14-27)18-29-16-15-28(17-23(29)24(26)30)20-5-9-22(33-2)10-6-20/h3-10,23,31H,11-18H2,1-2H3,(H2,26,30)/t23-/m1/s1. The number of anilines is 2. The van der Waals surface area contributed by atoms with Crippen molar-refractivity contribution >= 4 is 17.3 Å². The van der Waals surface area contributed by atoms with Crippen LogP contribution in [0.5, 0.6) is 11.5 Å². The monoisotopic (exact) mass is 454 g/mol. The van der Waals surface area contributed by atoms with E-state index in [0.29, 0.717) is 32.5 Å². The highest BCUT2D eigenvalue weighted by Gasteiger charge is 2.39. The fraction of sp³-hybridized carbons (Fsp3) is 0.480. The molecule has 0 bridgehead atoms. The van der Waals surface area contributed by atoms with Gasteiger partial charge < -0.3 is 30.1 Å². The number of methoxy groups -OCH3 is 2. The summed E-state index contributed by atoms with van der Waals surface area (Å²) in [6.45, 7) is 3.92. The van der Waals surface area contributed by atoms with Crippen molar-refractivity contribution in [2.45, 2.75) is 24.5 Å². The van der Waals surface area contributed by atoms with E-state index in [2.05, 4.69) is 14.7 Å². The van der Waals surface area contributed by atoms with Crippen molar-refractivity contribution in [1.82, 2.24) is 4.90 Å². The molecule has 2 saturated heterocycles. The summed E-state index contributed by atoms with van der Waals surface area (Å²) in [6, 6.07) is 15.4. The Hall–Kier alpha value is -2.97. The molecule has 2 fully saturated rings. The van der Waals surface area contributed by atoms with Crippen LogP contribution >= 0.6 is 0 Å². The molecule has 0 aliphatic carbocycles. The molecule has 0 aromatic heterocycles. The molecule has 0 spiro atoms. The lowest BCUT2D eigenvalue weighted by Crippen LogP contribution is -2.62. The Morgan fingerprint density at radius 3 is 1.91 bits per heavy atom. The van der Waals surface area contributed by atoms with Gasteiger partial charge in [0.25, 0.3) is 0 Å². The quantitative estimate of drug-likeness (QED) is 0.658. The minimum absolute atomic E-state index is 0.354. The first-order chi connectivity index (χ1) is 15.9. The van der Waals surface area contributed by atoms with Gasteiger partial charge in [-0.3, -0.25) is 9.69 Å². The topological polar surface area (TPSA) is 91.5 Å². The van der Waals surface area contributed by atoms with Gasteiger partial charge in [0, 0.05) is 50.6 Å². The zero-order chi connectivity index (χ0) is 23.4. The molecule has 0 saturated carbocycles. The molecule has 8 nitrogen and oxygen atoms in total. The third-order valence-corrected chi connectivity index (χ3v) is 6.89. The highest BCUT2D eigenvalue weighted by Crippen LogP contribution is 2.30. The van der Waals surface area contributed by atoms with E-state index in [1.54, 1.807) is 14.2 Å². The molecule has 0 radical (unpaired) electrons. The van der Waals surface area contributed by atoms with Crippen molar-refractivity contribution in [3.63, 3.8) is 0 Å². The van der Waals surface area contributed by atoms with Gasteiger partial charge in [0.05, 0.1) is 19.8 Å². The number of piperazine rings is 1. The molecule has 3 N–H and O–H groups in total. The number of nitrogens with zero attached hydrogens (tertiary/aromatic N) is 3. The van der Waals surface area contributed by atoms with Crippen LogP contribution in [0.1, 0.15) is 12.8 Å². The van der Waals surface area contributed by atoms with Gasteiger partial charge in [-0.2, -0.15) is 0 Å². The minimum atomic E-state index is -0.834. The number of nitrogens with two attached hydrogens (primary N) is 1. The Labute approximate surface area is 195 Å². The van der Waals surface area contributed by atoms with E-state index in [4.69, 9.17) is 15.2 Å². The zero-order valence-electron chi connectivity index (χ0n) is 19.4. The molecule has 178 valence electrons. The van der Waals surface area contributed by atoms with Crippen molar-refractivity contribution < 1.29 is 19.4 Å². The predicted octanol–water partition coefficient (Wildman–Crippen LogP) is 1.71. The van der Waals surface area contributed by atoms with Gasteiger partial charge >= 0.3 is 0 Å². The Bertz CT molecular complexity index is 926. The molecule has 1 atom stereocenters. The third-order valence-electron chi connectivity index (χ3n) is 6.89. The van der Waals surface area contributed by atoms with Crippen molar-refractivity contribution in [2.24, 2.45) is 5.73 Å². The predicted molar refractivity (Wildman–Crippen MR) is 129 cm³/mol. The molecule has 4 rings (SSSR count). The van der Waals surface area contributed by atoms with Crippen molar-refractivity contribution in [3.05, 3.63) is 48.5 Å². The van der Waals surface area contributed by atoms with Crippen molar-refractivity contribution in [1.29, 1.82) is 0 Å². The number of amides is 1. The Balaban J connectivity index is 1.36. The van der Waals surface area contributed by atoms with Gasteiger partial charge in [0.1, 0.15) is 17.5 Å². The summed E-state index contributed by atoms with van der Waals surface area (Å²) in [6.07, 6.45) is 1.28. The van der Waals surface area contributed by atoms with E-state index in [9.17, 15) is 9.90 Å². The second-order valence-corrected chi connectivity index (χ2v) is 8.94. The number of hydrogen-bond donors (Lipinski definition) is 2. The first-order valence-electron chi connectivity index (χ1n) is 11.4. The summed E-state index contributed by atoms with van der Waals surface area (Å²) >= 11 is 0. The highest BCUT2D eigenvalue weighted by molar-refractivity contribution is 5.81. The lowest BCUT2D eigenvalue weighted by atomic mass is 9.89. The van der Waals surface area contributed by atoms with Crippen LogP contribution in [0.25, 0.3) is 0 Å². The number of carbonyl (C=O) groups is 1. The summed E-state index contributed by atoms with van der Waals surface area (Å²) in [5.41, 5.74) is 7.11. The van der Waals surface area contributed by atoms with Crippen molar-refractivity contribution in [2.75, 3.05) is 63.3 Å². The molecule has 2 aromatic carbocycles. The second kappa shape index (κ2) is 9.89. The number of carbonyl (C=O) groups excluding carboxylic acids is 1. The number of benzene rings is 2. The summed E-state index contributed by atoms with van der Waals surface area (Å²) in [4.78, 5) is 18.8. The fourth-order valence-corrected chi connectivity index (χ4v) is 4.82. The normalized spacial score (nSPS) is 21.0. The molecule has 2 aromatic rings. The van der Waals surface area contributed by atoms with Crippen LogP contribution in [-0.4, -0.2) is 81.0 Å². The van der Waals surface area contributed by atoms with Gasteiger partial charge in [-0.05, 0) is 61.4 Å². The number of primary amides is 1. The SMILES string of the molecule is COc1ccc(N2CCC(O)(CN3CCN(c4ccc(OC)cc4)C[C@@H]3C(N)=O)CC2)cc1. The number of rotatable bonds is 7. The van der Waals surface area contributed by atoms with E-state index < -0.39 is 11.6 Å². The first-order valence-corrected chi connectivity index (χ1v) is 11.4. The van der Waals surface area contributed by atoms with Crippen LogP contribution in [0.15, 0.2) is 48.5 Å². The molecule has 2 aliphatic heterocycles. The highest BCUT2D eigenvalue weighted by atomic mass is 16.5. The van der Waals surface area contributed by atoms with Crippen LogP contribution in [0.2, 0.25) is 0 Å². The summed E-state index contributed by atoms with van der Waals surface area (Å²) < 4.78 is 10.5. The number of aliphatic hydroxyl groups is 1. The molecule has 2 aliphatic rings. The second-order valence-electron chi connectivity index (χ2n) is 8.94. The van der Waals surface area contributed by atoms with Crippen LogP contribution in [-0.2, 0) is 4.79 Å². The molecule has 1 amide bonds. The molecular formula is C25H34N4O4. The van der Waals surface area contributed by atoms with Gasteiger partial charge in [-0.15, -0.1) is 0 Å². The van der Waals surface area contributed by atoms with Crippen molar-refractivity contribution in [3.8, 4) is 11.5 Å². The number of ether oxygens (including phenoxy) is 2. The number of piperidine rings is 1. The summed E-state index contributed by atoms with van der Waals surface area (Å²) in [5.74, 6) is 1.28. The van der Waals surface area contributed by atoms with E-state index in [1.165, 1.54) is 0 Å².